The molecule has 0 bridgehead atoms. The summed E-state index contributed by atoms with van der Waals surface area (Å²) in [6, 6.07) is 13.1. The second kappa shape index (κ2) is 7.04. The normalized spacial score (nSPS) is 10.6. The average molecular weight is 438 g/mol. The van der Waals surface area contributed by atoms with Crippen molar-refractivity contribution in [3.05, 3.63) is 62.1 Å². The van der Waals surface area contributed by atoms with Crippen molar-refractivity contribution in [2.45, 2.75) is 6.61 Å². The molecule has 0 aliphatic rings. The minimum absolute atomic E-state index is 0.276. The Morgan fingerprint density at radius 1 is 1.08 bits per heavy atom. The summed E-state index contributed by atoms with van der Waals surface area (Å²) in [6.45, 7) is 0.276. The maximum Gasteiger partial charge on any atom is 0.368 e. The number of nitrogens with zero attached hydrogens (tertiary/aromatic N) is 4. The van der Waals surface area contributed by atoms with Gasteiger partial charge in [-0.05, 0) is 57.3 Å². The van der Waals surface area contributed by atoms with E-state index in [-0.39, 0.29) is 12.3 Å². The Labute approximate surface area is 151 Å². The summed E-state index contributed by atoms with van der Waals surface area (Å²) < 4.78 is 14.6. The molecule has 24 heavy (non-hydrogen) atoms. The highest BCUT2D eigenvalue weighted by Gasteiger charge is 2.15. The first-order chi connectivity index (χ1) is 11.6. The predicted octanol–water partition coefficient (Wildman–Crippen LogP) is 2.16. The van der Waals surface area contributed by atoms with Gasteiger partial charge >= 0.3 is 5.69 Å². The van der Waals surface area contributed by atoms with Crippen LogP contribution in [-0.2, 0) is 13.7 Å². The quantitative estimate of drug-likeness (QED) is 0.572. The van der Waals surface area contributed by atoms with Gasteiger partial charge in [0.15, 0.2) is 11.5 Å². The van der Waals surface area contributed by atoms with Crippen molar-refractivity contribution in [1.29, 1.82) is 0 Å². The van der Waals surface area contributed by atoms with Gasteiger partial charge in [-0.2, -0.15) is 9.36 Å². The van der Waals surface area contributed by atoms with Gasteiger partial charge in [0.2, 0.25) is 0 Å². The van der Waals surface area contributed by atoms with Crippen LogP contribution in [0.4, 0.5) is 0 Å². The molecule has 3 aromatic rings. The molecule has 0 unspecified atom stereocenters. The van der Waals surface area contributed by atoms with Crippen molar-refractivity contribution in [2.24, 2.45) is 7.05 Å². The number of methoxy groups -OCH3 is 1. The van der Waals surface area contributed by atoms with E-state index in [2.05, 4.69) is 33.0 Å². The highest BCUT2D eigenvalue weighted by molar-refractivity contribution is 14.1. The number of para-hydroxylation sites is 2. The van der Waals surface area contributed by atoms with E-state index in [9.17, 15) is 4.79 Å². The number of benzene rings is 2. The Morgan fingerprint density at radius 3 is 2.50 bits per heavy atom. The van der Waals surface area contributed by atoms with Crippen molar-refractivity contribution in [3.8, 4) is 17.2 Å². The van der Waals surface area contributed by atoms with E-state index in [0.29, 0.717) is 17.2 Å². The van der Waals surface area contributed by atoms with Gasteiger partial charge in [0.1, 0.15) is 6.61 Å². The van der Waals surface area contributed by atoms with E-state index >= 15 is 0 Å². The molecule has 8 heteroatoms. The number of aryl methyl sites for hydroxylation is 1. The molecule has 7 nitrogen and oxygen atoms in total. The summed E-state index contributed by atoms with van der Waals surface area (Å²) in [5, 5.41) is 7.67. The van der Waals surface area contributed by atoms with E-state index in [0.717, 1.165) is 9.13 Å². The molecule has 3 rings (SSSR count). The zero-order valence-corrected chi connectivity index (χ0v) is 15.3. The van der Waals surface area contributed by atoms with Crippen LogP contribution in [0.2, 0.25) is 0 Å². The molecule has 1 heterocycles. The van der Waals surface area contributed by atoms with Crippen molar-refractivity contribution < 1.29 is 9.47 Å². The molecule has 0 atom stereocenters. The largest absolute Gasteiger partial charge is 0.493 e. The summed E-state index contributed by atoms with van der Waals surface area (Å²) in [5.74, 6) is 1.29. The van der Waals surface area contributed by atoms with Crippen LogP contribution in [0.15, 0.2) is 47.3 Å². The van der Waals surface area contributed by atoms with Crippen LogP contribution in [-0.4, -0.2) is 26.9 Å². The SMILES string of the molecule is COc1ccccc1OCc1c(I)cccc1-n1nnn(C)c1=O. The van der Waals surface area contributed by atoms with Crippen LogP contribution in [0.1, 0.15) is 5.56 Å². The topological polar surface area (TPSA) is 71.2 Å². The van der Waals surface area contributed by atoms with Crippen LogP contribution in [0.5, 0.6) is 11.5 Å². The van der Waals surface area contributed by atoms with E-state index in [1.54, 1.807) is 14.2 Å². The Kier molecular flexibility index (Phi) is 4.84. The fourth-order valence-corrected chi connectivity index (χ4v) is 2.88. The van der Waals surface area contributed by atoms with Crippen molar-refractivity contribution in [1.82, 2.24) is 19.8 Å². The molecule has 0 spiro atoms. The summed E-state index contributed by atoms with van der Waals surface area (Å²) in [5.41, 5.74) is 1.19. The highest BCUT2D eigenvalue weighted by atomic mass is 127. The first kappa shape index (κ1) is 16.5. The molecule has 0 fully saturated rings. The number of halogens is 1. The molecular weight excluding hydrogens is 423 g/mol. The summed E-state index contributed by atoms with van der Waals surface area (Å²) >= 11 is 2.21. The smallest absolute Gasteiger partial charge is 0.368 e. The number of hydrogen-bond acceptors (Lipinski definition) is 5. The number of ether oxygens (including phenoxy) is 2. The van der Waals surface area contributed by atoms with Crippen LogP contribution in [0.25, 0.3) is 5.69 Å². The number of rotatable bonds is 5. The first-order valence-corrected chi connectivity index (χ1v) is 8.22. The third-order valence-electron chi connectivity index (χ3n) is 3.49. The fraction of sp³-hybridized carbons (Fsp3) is 0.188. The molecule has 0 radical (unpaired) electrons. The third-order valence-corrected chi connectivity index (χ3v) is 4.50. The molecule has 1 aromatic heterocycles. The zero-order chi connectivity index (χ0) is 17.1. The maximum atomic E-state index is 12.1. The predicted molar refractivity (Wildman–Crippen MR) is 96.6 cm³/mol. The van der Waals surface area contributed by atoms with Crippen LogP contribution in [0.3, 0.4) is 0 Å². The van der Waals surface area contributed by atoms with E-state index in [1.807, 2.05) is 42.5 Å². The molecule has 124 valence electrons. The van der Waals surface area contributed by atoms with E-state index < -0.39 is 0 Å². The summed E-state index contributed by atoms with van der Waals surface area (Å²) in [6.07, 6.45) is 0. The van der Waals surface area contributed by atoms with Gasteiger partial charge in [-0.15, -0.1) is 0 Å². The van der Waals surface area contributed by atoms with Crippen LogP contribution < -0.4 is 15.2 Å². The molecule has 0 amide bonds. The summed E-state index contributed by atoms with van der Waals surface area (Å²) in [4.78, 5) is 12.1. The monoisotopic (exact) mass is 438 g/mol. The standard InChI is InChI=1S/C16H15IN4O3/c1-20-16(22)21(19-18-20)13-7-5-6-12(17)11(13)10-24-15-9-4-3-8-14(15)23-2/h3-9H,10H2,1-2H3. The summed E-state index contributed by atoms with van der Waals surface area (Å²) in [7, 11) is 3.16. The zero-order valence-electron chi connectivity index (χ0n) is 13.1. The Bertz CT molecular complexity index is 920. The lowest BCUT2D eigenvalue weighted by Crippen LogP contribution is -2.23. The first-order valence-electron chi connectivity index (χ1n) is 7.14. The molecule has 0 N–H and O–H groups in total. The molecule has 2 aromatic carbocycles. The molecule has 0 saturated carbocycles. The van der Waals surface area contributed by atoms with Gasteiger partial charge in [-0.3, -0.25) is 0 Å². The van der Waals surface area contributed by atoms with Gasteiger partial charge in [-0.25, -0.2) is 4.79 Å². The van der Waals surface area contributed by atoms with Gasteiger partial charge < -0.3 is 9.47 Å². The maximum absolute atomic E-state index is 12.1. The minimum Gasteiger partial charge on any atom is -0.493 e. The number of hydrogen-bond donors (Lipinski definition) is 0. The second-order valence-corrected chi connectivity index (χ2v) is 6.14. The molecule has 0 saturated heterocycles. The lowest BCUT2D eigenvalue weighted by atomic mass is 10.2. The fourth-order valence-electron chi connectivity index (χ4n) is 2.24. The second-order valence-electron chi connectivity index (χ2n) is 4.97. The van der Waals surface area contributed by atoms with Gasteiger partial charge in [0, 0.05) is 16.2 Å². The van der Waals surface area contributed by atoms with Crippen LogP contribution >= 0.6 is 22.6 Å². The average Bonchev–Trinajstić information content (AvgIpc) is 2.93. The number of aromatic nitrogens is 4. The lowest BCUT2D eigenvalue weighted by molar-refractivity contribution is 0.283. The van der Waals surface area contributed by atoms with Crippen LogP contribution in [0, 0.1) is 3.57 Å². The van der Waals surface area contributed by atoms with Crippen molar-refractivity contribution in [3.63, 3.8) is 0 Å². The molecule has 0 aliphatic heterocycles. The minimum atomic E-state index is -0.310. The van der Waals surface area contributed by atoms with E-state index in [1.165, 1.54) is 9.36 Å². The highest BCUT2D eigenvalue weighted by Crippen LogP contribution is 2.28. The van der Waals surface area contributed by atoms with Gasteiger partial charge in [-0.1, -0.05) is 18.2 Å². The van der Waals surface area contributed by atoms with Gasteiger partial charge in [0.05, 0.1) is 12.8 Å². The lowest BCUT2D eigenvalue weighted by Gasteiger charge is -2.14. The molecule has 0 aliphatic carbocycles. The Hall–Kier alpha value is -2.36. The van der Waals surface area contributed by atoms with Crippen molar-refractivity contribution >= 4 is 22.6 Å². The Balaban J connectivity index is 1.96. The van der Waals surface area contributed by atoms with E-state index in [4.69, 9.17) is 9.47 Å². The Morgan fingerprint density at radius 2 is 1.83 bits per heavy atom. The van der Waals surface area contributed by atoms with Gasteiger partial charge in [0.25, 0.3) is 0 Å². The number of tetrazole rings is 1. The van der Waals surface area contributed by atoms with Crippen molar-refractivity contribution in [2.75, 3.05) is 7.11 Å². The molecular formula is C16H15IN4O3. The third kappa shape index (κ3) is 3.14.